The predicted octanol–water partition coefficient (Wildman–Crippen LogP) is -8.72. The Bertz CT molecular complexity index is 900. The minimum atomic E-state index is -2.04. The van der Waals surface area contributed by atoms with Gasteiger partial charge in [0.1, 0.15) is 91.6 Å². The summed E-state index contributed by atoms with van der Waals surface area (Å²) in [5, 5.41) is 133. The zero-order valence-electron chi connectivity index (χ0n) is 23.3. The maximum atomic E-state index is 11.0. The van der Waals surface area contributed by atoms with Gasteiger partial charge >= 0.3 is 0 Å². The summed E-state index contributed by atoms with van der Waals surface area (Å²) in [4.78, 5) is 0. The summed E-state index contributed by atoms with van der Waals surface area (Å²) in [5.74, 6) is 0. The van der Waals surface area contributed by atoms with E-state index in [4.69, 9.17) is 33.2 Å². The standard InChI is InChI=1S/C24H42O20/c1-5-9(28)13(32)16(35)22(38-5)43-19-15(34)11(30)7(3-26)41-24(19)42-18-12(31)8(4-27)39-21(37)20(18)44-23-17(36)14(33)10(29)6(2-25)40-23/h5-37H,2-4H2,1H3/t5-,6+,7+,8+,9-,10+,11-,12+,13+,14-,15-,16+,17+,18-,19+,20+,21+,22-,23-,24-/m0/s1. The topological polar surface area (TPSA) is 328 Å². The van der Waals surface area contributed by atoms with Crippen LogP contribution >= 0.6 is 0 Å². The Labute approximate surface area is 249 Å². The fourth-order valence-electron chi connectivity index (χ4n) is 5.44. The molecule has 4 heterocycles. The Kier molecular flexibility index (Phi) is 12.3. The lowest BCUT2D eigenvalue weighted by Crippen LogP contribution is -2.68. The number of hydrogen-bond acceptors (Lipinski definition) is 20. The van der Waals surface area contributed by atoms with Gasteiger partial charge in [-0.25, -0.2) is 0 Å². The SMILES string of the molecule is C[C@@H]1O[C@@H](O[C@H]2[C@H](O[C@H]3[C@H](O)[C@@H](CO)O[C@@H](O)[C@@H]3O[C@@H]3O[C@H](CO)[C@@H](O)[C@H](O)[C@H]3O)O[C@H](CO)[C@H](O)[C@@H]2O)[C@H](O)[C@H](O)[C@H]1O. The summed E-state index contributed by atoms with van der Waals surface area (Å²) in [6, 6.07) is 0. The average molecular weight is 651 g/mol. The molecule has 20 atom stereocenters. The van der Waals surface area contributed by atoms with Crippen molar-refractivity contribution in [3.05, 3.63) is 0 Å². The molecule has 20 heteroatoms. The lowest BCUT2D eigenvalue weighted by atomic mass is 9.95. The zero-order chi connectivity index (χ0) is 32.6. The molecular weight excluding hydrogens is 608 g/mol. The van der Waals surface area contributed by atoms with Crippen LogP contribution in [-0.4, -0.2) is 209 Å². The molecule has 0 aromatic heterocycles. The van der Waals surface area contributed by atoms with E-state index < -0.39 is 143 Å². The molecule has 0 amide bonds. The molecule has 0 saturated carbocycles. The van der Waals surface area contributed by atoms with Crippen LogP contribution in [0, 0.1) is 0 Å². The van der Waals surface area contributed by atoms with Gasteiger partial charge in [-0.3, -0.25) is 0 Å². The second-order valence-corrected chi connectivity index (χ2v) is 11.1. The highest BCUT2D eigenvalue weighted by Gasteiger charge is 2.55. The van der Waals surface area contributed by atoms with Crippen LogP contribution in [0.25, 0.3) is 0 Å². The summed E-state index contributed by atoms with van der Waals surface area (Å²) >= 11 is 0. The van der Waals surface area contributed by atoms with Crippen molar-refractivity contribution in [2.75, 3.05) is 19.8 Å². The highest BCUT2D eigenvalue weighted by Crippen LogP contribution is 2.35. The molecule has 4 aliphatic heterocycles. The van der Waals surface area contributed by atoms with E-state index >= 15 is 0 Å². The molecule has 0 unspecified atom stereocenters. The molecule has 4 aliphatic rings. The molecule has 0 aromatic carbocycles. The number of aliphatic hydroxyl groups excluding tert-OH is 13. The lowest BCUT2D eigenvalue weighted by molar-refractivity contribution is -0.401. The van der Waals surface area contributed by atoms with Gasteiger partial charge in [0.25, 0.3) is 0 Å². The Hall–Kier alpha value is -0.800. The van der Waals surface area contributed by atoms with E-state index in [-0.39, 0.29) is 0 Å². The van der Waals surface area contributed by atoms with Gasteiger partial charge < -0.3 is 99.5 Å². The van der Waals surface area contributed by atoms with Crippen LogP contribution in [-0.2, 0) is 33.2 Å². The van der Waals surface area contributed by atoms with E-state index in [1.54, 1.807) is 0 Å². The van der Waals surface area contributed by atoms with Gasteiger partial charge in [0, 0.05) is 0 Å². The van der Waals surface area contributed by atoms with Crippen molar-refractivity contribution < 1.29 is 99.5 Å². The van der Waals surface area contributed by atoms with Crippen LogP contribution in [0.3, 0.4) is 0 Å². The van der Waals surface area contributed by atoms with E-state index in [0.29, 0.717) is 0 Å². The number of aliphatic hydroxyl groups is 13. The maximum Gasteiger partial charge on any atom is 0.187 e. The molecule has 4 saturated heterocycles. The van der Waals surface area contributed by atoms with Crippen LogP contribution in [0.4, 0.5) is 0 Å². The summed E-state index contributed by atoms with van der Waals surface area (Å²) in [7, 11) is 0. The van der Waals surface area contributed by atoms with Gasteiger partial charge in [-0.05, 0) is 6.92 Å². The van der Waals surface area contributed by atoms with Crippen molar-refractivity contribution in [1.29, 1.82) is 0 Å². The zero-order valence-corrected chi connectivity index (χ0v) is 23.3. The van der Waals surface area contributed by atoms with Crippen LogP contribution < -0.4 is 0 Å². The van der Waals surface area contributed by atoms with Crippen LogP contribution in [0.1, 0.15) is 6.92 Å². The number of ether oxygens (including phenoxy) is 7. The van der Waals surface area contributed by atoms with Crippen molar-refractivity contribution in [2.24, 2.45) is 0 Å². The fraction of sp³-hybridized carbons (Fsp3) is 1.00. The summed E-state index contributed by atoms with van der Waals surface area (Å²) in [6.45, 7) is -1.19. The van der Waals surface area contributed by atoms with E-state index in [2.05, 4.69) is 0 Å². The van der Waals surface area contributed by atoms with Gasteiger partial charge in [-0.2, -0.15) is 0 Å². The summed E-state index contributed by atoms with van der Waals surface area (Å²) in [5.41, 5.74) is 0. The molecule has 13 N–H and O–H groups in total. The molecule has 258 valence electrons. The number of hydrogen-bond donors (Lipinski definition) is 13. The first-order valence-corrected chi connectivity index (χ1v) is 14.0. The Morgan fingerprint density at radius 3 is 1.41 bits per heavy atom. The first-order valence-electron chi connectivity index (χ1n) is 14.0. The molecule has 44 heavy (non-hydrogen) atoms. The quantitative estimate of drug-likeness (QED) is 0.110. The van der Waals surface area contributed by atoms with Gasteiger partial charge in [0.2, 0.25) is 0 Å². The first-order chi connectivity index (χ1) is 20.7. The summed E-state index contributed by atoms with van der Waals surface area (Å²) in [6.07, 6.45) is -35.0. The van der Waals surface area contributed by atoms with Crippen LogP contribution in [0.15, 0.2) is 0 Å². The third-order valence-corrected chi connectivity index (χ3v) is 8.17. The molecule has 0 spiro atoms. The van der Waals surface area contributed by atoms with Crippen LogP contribution in [0.2, 0.25) is 0 Å². The summed E-state index contributed by atoms with van der Waals surface area (Å²) < 4.78 is 38.5. The molecule has 4 rings (SSSR count). The van der Waals surface area contributed by atoms with Gasteiger partial charge in [0.15, 0.2) is 25.2 Å². The highest BCUT2D eigenvalue weighted by atomic mass is 16.8. The van der Waals surface area contributed by atoms with Crippen LogP contribution in [0.5, 0.6) is 0 Å². The smallest absolute Gasteiger partial charge is 0.187 e. The van der Waals surface area contributed by atoms with Gasteiger partial charge in [0.05, 0.1) is 25.9 Å². The second-order valence-electron chi connectivity index (χ2n) is 11.1. The van der Waals surface area contributed by atoms with Gasteiger partial charge in [-0.15, -0.1) is 0 Å². The normalized spacial score (nSPS) is 53.9. The molecule has 4 fully saturated rings. The minimum Gasteiger partial charge on any atom is -0.394 e. The first kappa shape index (κ1) is 36.0. The van der Waals surface area contributed by atoms with Gasteiger partial charge in [-0.1, -0.05) is 0 Å². The average Bonchev–Trinajstić information content (AvgIpc) is 3.01. The molecule has 0 bridgehead atoms. The predicted molar refractivity (Wildman–Crippen MR) is 132 cm³/mol. The van der Waals surface area contributed by atoms with Crippen molar-refractivity contribution in [3.63, 3.8) is 0 Å². The Morgan fingerprint density at radius 2 is 0.841 bits per heavy atom. The van der Waals surface area contributed by atoms with Crippen molar-refractivity contribution in [1.82, 2.24) is 0 Å². The maximum absolute atomic E-state index is 11.0. The monoisotopic (exact) mass is 650 g/mol. The highest BCUT2D eigenvalue weighted by molar-refractivity contribution is 4.97. The van der Waals surface area contributed by atoms with E-state index in [0.717, 1.165) is 0 Å². The minimum absolute atomic E-state index is 0.819. The largest absolute Gasteiger partial charge is 0.394 e. The van der Waals surface area contributed by atoms with E-state index in [9.17, 15) is 66.4 Å². The Balaban J connectivity index is 1.62. The number of rotatable bonds is 9. The van der Waals surface area contributed by atoms with Crippen molar-refractivity contribution in [2.45, 2.75) is 130 Å². The van der Waals surface area contributed by atoms with E-state index in [1.807, 2.05) is 0 Å². The molecule has 20 nitrogen and oxygen atoms in total. The molecule has 0 aliphatic carbocycles. The Morgan fingerprint density at radius 1 is 0.409 bits per heavy atom. The molecule has 0 radical (unpaired) electrons. The van der Waals surface area contributed by atoms with E-state index in [1.165, 1.54) is 6.92 Å². The third-order valence-electron chi connectivity index (χ3n) is 8.17. The third kappa shape index (κ3) is 7.05. The fourth-order valence-corrected chi connectivity index (χ4v) is 5.44. The van der Waals surface area contributed by atoms with Crippen molar-refractivity contribution >= 4 is 0 Å². The molecular formula is C24H42O20. The lowest BCUT2D eigenvalue weighted by Gasteiger charge is -2.49. The van der Waals surface area contributed by atoms with Crippen molar-refractivity contribution in [3.8, 4) is 0 Å². The second kappa shape index (κ2) is 15.0. The molecule has 0 aromatic rings.